The number of rotatable bonds is 8. The Morgan fingerprint density at radius 1 is 1.03 bits per heavy atom. The number of carbonyl (C=O) groups is 2. The van der Waals surface area contributed by atoms with Crippen LogP contribution in [0.5, 0.6) is 0 Å². The van der Waals surface area contributed by atoms with Crippen LogP contribution in [-0.2, 0) is 29.0 Å². The highest BCUT2D eigenvalue weighted by Gasteiger charge is 2.28. The average molecular weight is 463 g/mol. The Morgan fingerprint density at radius 2 is 1.65 bits per heavy atom. The van der Waals surface area contributed by atoms with Crippen molar-refractivity contribution < 1.29 is 9.59 Å². The first-order valence-corrected chi connectivity index (χ1v) is 11.4. The Hall–Kier alpha value is -2.04. The summed E-state index contributed by atoms with van der Waals surface area (Å²) in [5.74, 6) is -0.291. The average Bonchev–Trinajstić information content (AvgIpc) is 2.70. The van der Waals surface area contributed by atoms with E-state index in [1.165, 1.54) is 5.56 Å². The lowest BCUT2D eigenvalue weighted by Gasteiger charge is -2.31. The molecule has 0 saturated carbocycles. The molecule has 0 aromatic heterocycles. The van der Waals surface area contributed by atoms with Gasteiger partial charge in [0, 0.05) is 28.5 Å². The Balaban J connectivity index is 2.19. The van der Waals surface area contributed by atoms with Gasteiger partial charge in [0.2, 0.25) is 11.8 Å². The second-order valence-electron chi connectivity index (χ2n) is 8.84. The highest BCUT2D eigenvalue weighted by Crippen LogP contribution is 2.24. The van der Waals surface area contributed by atoms with Crippen molar-refractivity contribution >= 4 is 35.0 Å². The van der Waals surface area contributed by atoms with Crippen LogP contribution in [0.4, 0.5) is 0 Å². The molecule has 0 spiro atoms. The highest BCUT2D eigenvalue weighted by molar-refractivity contribution is 6.35. The first-order chi connectivity index (χ1) is 14.5. The molecule has 0 aliphatic carbocycles. The summed E-state index contributed by atoms with van der Waals surface area (Å²) in [6.07, 6.45) is 1.90. The standard InChI is InChI=1S/C25H32Cl2N2O2/c1-6-18-7-9-19(10-8-18)11-14-23(30)29(17(2)24(31)28-25(3,4)5)16-20-12-13-21(26)15-22(20)27/h7-10,12-13,15,17H,6,11,14,16H2,1-5H3,(H,28,31)/t17-/m1/s1. The van der Waals surface area contributed by atoms with Crippen molar-refractivity contribution in [2.45, 2.75) is 72.0 Å². The smallest absolute Gasteiger partial charge is 0.242 e. The number of amides is 2. The minimum absolute atomic E-state index is 0.0952. The van der Waals surface area contributed by atoms with E-state index in [0.717, 1.165) is 17.5 Å². The topological polar surface area (TPSA) is 49.4 Å². The molecule has 6 heteroatoms. The van der Waals surface area contributed by atoms with Crippen molar-refractivity contribution in [3.63, 3.8) is 0 Å². The van der Waals surface area contributed by atoms with Gasteiger partial charge in [-0.3, -0.25) is 9.59 Å². The Kier molecular flexibility index (Phi) is 8.96. The zero-order valence-electron chi connectivity index (χ0n) is 19.0. The molecule has 31 heavy (non-hydrogen) atoms. The molecular weight excluding hydrogens is 431 g/mol. The van der Waals surface area contributed by atoms with Crippen LogP contribution >= 0.6 is 23.2 Å². The molecule has 1 N–H and O–H groups in total. The van der Waals surface area contributed by atoms with Crippen molar-refractivity contribution in [3.05, 3.63) is 69.2 Å². The number of halogens is 2. The van der Waals surface area contributed by atoms with Crippen LogP contribution < -0.4 is 5.32 Å². The van der Waals surface area contributed by atoms with Crippen LogP contribution in [0.2, 0.25) is 10.0 Å². The lowest BCUT2D eigenvalue weighted by molar-refractivity contribution is -0.141. The largest absolute Gasteiger partial charge is 0.350 e. The van der Waals surface area contributed by atoms with E-state index in [0.29, 0.717) is 22.9 Å². The molecule has 0 aliphatic rings. The molecule has 0 bridgehead atoms. The molecule has 2 amide bonds. The summed E-state index contributed by atoms with van der Waals surface area (Å²) in [6.45, 7) is 9.85. The normalized spacial score (nSPS) is 12.4. The third-order valence-corrected chi connectivity index (χ3v) is 5.67. The summed E-state index contributed by atoms with van der Waals surface area (Å²) in [4.78, 5) is 27.6. The van der Waals surface area contributed by atoms with Gasteiger partial charge in [-0.1, -0.05) is 60.5 Å². The number of benzene rings is 2. The van der Waals surface area contributed by atoms with Gasteiger partial charge in [-0.25, -0.2) is 0 Å². The number of aryl methyl sites for hydroxylation is 2. The monoisotopic (exact) mass is 462 g/mol. The van der Waals surface area contributed by atoms with Crippen molar-refractivity contribution in [1.29, 1.82) is 0 Å². The first-order valence-electron chi connectivity index (χ1n) is 10.6. The van der Waals surface area contributed by atoms with Crippen LogP contribution in [0, 0.1) is 0 Å². The van der Waals surface area contributed by atoms with Gasteiger partial charge in [0.25, 0.3) is 0 Å². The quantitative estimate of drug-likeness (QED) is 0.536. The van der Waals surface area contributed by atoms with Crippen LogP contribution in [0.25, 0.3) is 0 Å². The lowest BCUT2D eigenvalue weighted by Crippen LogP contribution is -2.52. The molecule has 0 fully saturated rings. The molecule has 168 valence electrons. The van der Waals surface area contributed by atoms with E-state index in [-0.39, 0.29) is 23.9 Å². The van der Waals surface area contributed by atoms with E-state index < -0.39 is 6.04 Å². The van der Waals surface area contributed by atoms with Crippen molar-refractivity contribution in [3.8, 4) is 0 Å². The maximum absolute atomic E-state index is 13.2. The SMILES string of the molecule is CCc1ccc(CCC(=O)N(Cc2ccc(Cl)cc2Cl)[C@H](C)C(=O)NC(C)(C)C)cc1. The van der Waals surface area contributed by atoms with Gasteiger partial charge in [0.1, 0.15) is 6.04 Å². The predicted octanol–water partition coefficient (Wildman–Crippen LogP) is 5.82. The highest BCUT2D eigenvalue weighted by atomic mass is 35.5. The zero-order chi connectivity index (χ0) is 23.2. The summed E-state index contributed by atoms with van der Waals surface area (Å²) in [7, 11) is 0. The molecule has 0 unspecified atom stereocenters. The van der Waals surface area contributed by atoms with Crippen molar-refractivity contribution in [2.75, 3.05) is 0 Å². The third-order valence-electron chi connectivity index (χ3n) is 5.08. The summed E-state index contributed by atoms with van der Waals surface area (Å²) in [5.41, 5.74) is 2.73. The van der Waals surface area contributed by atoms with Crippen molar-refractivity contribution in [1.82, 2.24) is 10.2 Å². The summed E-state index contributed by atoms with van der Waals surface area (Å²) in [5, 5.41) is 3.97. The number of hydrogen-bond acceptors (Lipinski definition) is 2. The molecular formula is C25H32Cl2N2O2. The summed E-state index contributed by atoms with van der Waals surface area (Å²) in [6, 6.07) is 12.8. The molecule has 2 rings (SSSR count). The molecule has 0 saturated heterocycles. The molecule has 1 atom stereocenters. The van der Waals surface area contributed by atoms with E-state index >= 15 is 0 Å². The lowest BCUT2D eigenvalue weighted by atomic mass is 10.0. The van der Waals surface area contributed by atoms with E-state index in [2.05, 4.69) is 36.5 Å². The fraction of sp³-hybridized carbons (Fsp3) is 0.440. The van der Waals surface area contributed by atoms with E-state index in [1.54, 1.807) is 30.0 Å². The summed E-state index contributed by atoms with van der Waals surface area (Å²) >= 11 is 12.4. The number of nitrogens with one attached hydrogen (secondary N) is 1. The second-order valence-corrected chi connectivity index (χ2v) is 9.69. The second kappa shape index (κ2) is 11.0. The van der Waals surface area contributed by atoms with Gasteiger partial charge < -0.3 is 10.2 Å². The van der Waals surface area contributed by atoms with Gasteiger partial charge in [0.05, 0.1) is 0 Å². The minimum atomic E-state index is -0.638. The van der Waals surface area contributed by atoms with Gasteiger partial charge >= 0.3 is 0 Å². The molecule has 4 nitrogen and oxygen atoms in total. The maximum Gasteiger partial charge on any atom is 0.242 e. The van der Waals surface area contributed by atoms with E-state index in [9.17, 15) is 9.59 Å². The van der Waals surface area contributed by atoms with Crippen LogP contribution in [0.3, 0.4) is 0 Å². The van der Waals surface area contributed by atoms with E-state index in [4.69, 9.17) is 23.2 Å². The fourth-order valence-corrected chi connectivity index (χ4v) is 3.69. The molecule has 2 aromatic rings. The van der Waals surface area contributed by atoms with Gasteiger partial charge in [-0.05, 0) is 69.4 Å². The number of carbonyl (C=O) groups excluding carboxylic acids is 2. The van der Waals surface area contributed by atoms with Gasteiger partial charge in [-0.15, -0.1) is 0 Å². The minimum Gasteiger partial charge on any atom is -0.350 e. The predicted molar refractivity (Wildman–Crippen MR) is 129 cm³/mol. The molecule has 0 radical (unpaired) electrons. The first kappa shape index (κ1) is 25.2. The molecule has 0 aliphatic heterocycles. The Bertz CT molecular complexity index is 905. The Morgan fingerprint density at radius 3 is 2.19 bits per heavy atom. The number of hydrogen-bond donors (Lipinski definition) is 1. The van der Waals surface area contributed by atoms with E-state index in [1.807, 2.05) is 20.8 Å². The van der Waals surface area contributed by atoms with Gasteiger partial charge in [0.15, 0.2) is 0 Å². The van der Waals surface area contributed by atoms with Crippen LogP contribution in [0.1, 0.15) is 57.7 Å². The van der Waals surface area contributed by atoms with Gasteiger partial charge in [-0.2, -0.15) is 0 Å². The summed E-state index contributed by atoms with van der Waals surface area (Å²) < 4.78 is 0. The van der Waals surface area contributed by atoms with Crippen molar-refractivity contribution in [2.24, 2.45) is 0 Å². The Labute approximate surface area is 195 Å². The maximum atomic E-state index is 13.2. The fourth-order valence-electron chi connectivity index (χ4n) is 3.23. The van der Waals surface area contributed by atoms with Crippen LogP contribution in [-0.4, -0.2) is 28.3 Å². The third kappa shape index (κ3) is 7.86. The molecule has 0 heterocycles. The molecule has 2 aromatic carbocycles. The number of nitrogens with zero attached hydrogens (tertiary/aromatic N) is 1. The zero-order valence-corrected chi connectivity index (χ0v) is 20.5. The van der Waals surface area contributed by atoms with Crippen LogP contribution in [0.15, 0.2) is 42.5 Å².